The number of ether oxygens (including phenoxy) is 3. The lowest BCUT2D eigenvalue weighted by molar-refractivity contribution is -0.386. The van der Waals surface area contributed by atoms with Crippen LogP contribution in [0.25, 0.3) is 0 Å². The number of Topliss-reactive ketones (excluding diaryl/α,β-unsaturated/α-hetero) is 1. The first kappa shape index (κ1) is 14.9. The topological polar surface area (TPSA) is 87.9 Å². The second-order valence-electron chi connectivity index (χ2n) is 3.79. The van der Waals surface area contributed by atoms with Crippen molar-refractivity contribution < 1.29 is 23.9 Å². The lowest BCUT2D eigenvalue weighted by Gasteiger charge is -2.10. The fourth-order valence-corrected chi connectivity index (χ4v) is 1.50. The number of carbonyl (C=O) groups excluding carboxylic acids is 1. The SMILES string of the molecule is COc1cc(COCC(C)=O)c([N+](=O)[O-])cc1OC. The Labute approximate surface area is 110 Å². The average molecular weight is 269 g/mol. The Balaban J connectivity index is 3.05. The molecule has 7 nitrogen and oxygen atoms in total. The molecule has 0 atom stereocenters. The highest BCUT2D eigenvalue weighted by atomic mass is 16.6. The molecular weight excluding hydrogens is 254 g/mol. The van der Waals surface area contributed by atoms with Crippen molar-refractivity contribution in [2.45, 2.75) is 13.5 Å². The van der Waals surface area contributed by atoms with Crippen molar-refractivity contribution in [1.29, 1.82) is 0 Å². The molecular formula is C12H15NO6. The first-order valence-electron chi connectivity index (χ1n) is 5.46. The van der Waals surface area contributed by atoms with E-state index >= 15 is 0 Å². The van der Waals surface area contributed by atoms with Crippen molar-refractivity contribution in [3.8, 4) is 11.5 Å². The molecule has 1 rings (SSSR count). The molecule has 1 aromatic rings. The highest BCUT2D eigenvalue weighted by molar-refractivity contribution is 5.76. The molecule has 0 amide bonds. The van der Waals surface area contributed by atoms with Crippen molar-refractivity contribution in [3.05, 3.63) is 27.8 Å². The van der Waals surface area contributed by atoms with Gasteiger partial charge in [0.25, 0.3) is 5.69 Å². The molecule has 0 saturated heterocycles. The highest BCUT2D eigenvalue weighted by Gasteiger charge is 2.19. The van der Waals surface area contributed by atoms with Gasteiger partial charge in [0.2, 0.25) is 0 Å². The third-order valence-electron chi connectivity index (χ3n) is 2.34. The fourth-order valence-electron chi connectivity index (χ4n) is 1.50. The Morgan fingerprint density at radius 1 is 1.26 bits per heavy atom. The molecule has 0 fully saturated rings. The number of methoxy groups -OCH3 is 2. The molecule has 0 spiro atoms. The highest BCUT2D eigenvalue weighted by Crippen LogP contribution is 2.34. The Bertz CT molecular complexity index is 485. The summed E-state index contributed by atoms with van der Waals surface area (Å²) in [6, 6.07) is 2.74. The van der Waals surface area contributed by atoms with E-state index < -0.39 is 4.92 Å². The minimum Gasteiger partial charge on any atom is -0.493 e. The van der Waals surface area contributed by atoms with Crippen LogP contribution in [-0.2, 0) is 16.1 Å². The standard InChI is InChI=1S/C12H15NO6/c1-8(14)6-19-7-9-4-11(17-2)12(18-3)5-10(9)13(15)16/h4-5H,6-7H2,1-3H3. The van der Waals surface area contributed by atoms with Gasteiger partial charge in [-0.2, -0.15) is 0 Å². The summed E-state index contributed by atoms with van der Waals surface area (Å²) in [4.78, 5) is 21.2. The van der Waals surface area contributed by atoms with Crippen molar-refractivity contribution in [3.63, 3.8) is 0 Å². The van der Waals surface area contributed by atoms with Crippen molar-refractivity contribution in [2.24, 2.45) is 0 Å². The van der Waals surface area contributed by atoms with Crippen LogP contribution in [0.2, 0.25) is 0 Å². The second kappa shape index (κ2) is 6.69. The van der Waals surface area contributed by atoms with Crippen LogP contribution in [0.5, 0.6) is 11.5 Å². The summed E-state index contributed by atoms with van der Waals surface area (Å²) in [5, 5.41) is 11.0. The summed E-state index contributed by atoms with van der Waals surface area (Å²) in [5.41, 5.74) is 0.185. The van der Waals surface area contributed by atoms with Crippen molar-refractivity contribution in [2.75, 3.05) is 20.8 Å². The van der Waals surface area contributed by atoms with E-state index in [0.29, 0.717) is 11.3 Å². The van der Waals surface area contributed by atoms with E-state index in [1.807, 2.05) is 0 Å². The van der Waals surface area contributed by atoms with E-state index in [4.69, 9.17) is 14.2 Å². The average Bonchev–Trinajstić information content (AvgIpc) is 2.37. The summed E-state index contributed by atoms with van der Waals surface area (Å²) in [5.74, 6) is 0.488. The molecule has 0 aromatic heterocycles. The van der Waals surface area contributed by atoms with E-state index in [-0.39, 0.29) is 30.4 Å². The number of hydrogen-bond donors (Lipinski definition) is 0. The van der Waals surface area contributed by atoms with Crippen LogP contribution < -0.4 is 9.47 Å². The van der Waals surface area contributed by atoms with Crippen LogP contribution in [0, 0.1) is 10.1 Å². The fraction of sp³-hybridized carbons (Fsp3) is 0.417. The van der Waals surface area contributed by atoms with Crippen LogP contribution in [0.3, 0.4) is 0 Å². The molecule has 7 heteroatoms. The molecule has 1 aromatic carbocycles. The van der Waals surface area contributed by atoms with Crippen molar-refractivity contribution >= 4 is 11.5 Å². The third kappa shape index (κ3) is 3.92. The Morgan fingerprint density at radius 2 is 1.84 bits per heavy atom. The minimum absolute atomic E-state index is 0.0454. The lowest BCUT2D eigenvalue weighted by atomic mass is 10.1. The molecule has 0 bridgehead atoms. The van der Waals surface area contributed by atoms with Gasteiger partial charge >= 0.3 is 0 Å². The summed E-state index contributed by atoms with van der Waals surface area (Å²) >= 11 is 0. The molecule has 0 aliphatic rings. The largest absolute Gasteiger partial charge is 0.493 e. The Hall–Kier alpha value is -2.15. The van der Waals surface area contributed by atoms with E-state index in [1.165, 1.54) is 33.3 Å². The van der Waals surface area contributed by atoms with Crippen molar-refractivity contribution in [1.82, 2.24) is 0 Å². The molecule has 0 unspecified atom stereocenters. The smallest absolute Gasteiger partial charge is 0.278 e. The number of rotatable bonds is 7. The van der Waals surface area contributed by atoms with E-state index in [2.05, 4.69) is 0 Å². The number of nitro groups is 1. The van der Waals surface area contributed by atoms with E-state index in [0.717, 1.165) is 0 Å². The van der Waals surface area contributed by atoms with Gasteiger partial charge in [-0.3, -0.25) is 14.9 Å². The first-order valence-corrected chi connectivity index (χ1v) is 5.46. The van der Waals surface area contributed by atoms with E-state index in [1.54, 1.807) is 0 Å². The number of benzene rings is 1. The van der Waals surface area contributed by atoms with Crippen LogP contribution >= 0.6 is 0 Å². The molecule has 0 aliphatic carbocycles. The molecule has 0 aliphatic heterocycles. The maximum Gasteiger partial charge on any atom is 0.278 e. The number of carbonyl (C=O) groups is 1. The van der Waals surface area contributed by atoms with Gasteiger partial charge < -0.3 is 14.2 Å². The first-order chi connectivity index (χ1) is 8.99. The van der Waals surface area contributed by atoms with Gasteiger partial charge in [0.05, 0.1) is 37.4 Å². The van der Waals surface area contributed by atoms with Gasteiger partial charge in [-0.25, -0.2) is 0 Å². The molecule has 0 radical (unpaired) electrons. The predicted octanol–water partition coefficient (Wildman–Crippen LogP) is 1.72. The predicted molar refractivity (Wildman–Crippen MR) is 66.5 cm³/mol. The van der Waals surface area contributed by atoms with Gasteiger partial charge in [0.1, 0.15) is 6.61 Å². The molecule has 0 heterocycles. The minimum atomic E-state index is -0.533. The zero-order chi connectivity index (χ0) is 14.4. The monoisotopic (exact) mass is 269 g/mol. The molecule has 19 heavy (non-hydrogen) atoms. The summed E-state index contributed by atoms with van der Waals surface area (Å²) in [7, 11) is 2.83. The maximum atomic E-state index is 11.0. The van der Waals surface area contributed by atoms with Crippen LogP contribution in [0.4, 0.5) is 5.69 Å². The maximum absolute atomic E-state index is 11.0. The second-order valence-corrected chi connectivity index (χ2v) is 3.79. The Morgan fingerprint density at radius 3 is 2.32 bits per heavy atom. The Kier molecular flexibility index (Phi) is 5.25. The summed E-state index contributed by atoms with van der Waals surface area (Å²) in [6.07, 6.45) is 0. The summed E-state index contributed by atoms with van der Waals surface area (Å²) in [6.45, 7) is 1.24. The zero-order valence-corrected chi connectivity index (χ0v) is 11.0. The quantitative estimate of drug-likeness (QED) is 0.553. The van der Waals surface area contributed by atoms with Gasteiger partial charge in [0, 0.05) is 0 Å². The van der Waals surface area contributed by atoms with Crippen LogP contribution in [-0.4, -0.2) is 31.5 Å². The van der Waals surface area contributed by atoms with Gasteiger partial charge in [-0.15, -0.1) is 0 Å². The third-order valence-corrected chi connectivity index (χ3v) is 2.34. The van der Waals surface area contributed by atoms with Gasteiger partial charge in [0.15, 0.2) is 17.3 Å². The number of nitro benzene ring substituents is 1. The zero-order valence-electron chi connectivity index (χ0n) is 11.0. The molecule has 0 saturated carbocycles. The van der Waals surface area contributed by atoms with Crippen LogP contribution in [0.1, 0.15) is 12.5 Å². The van der Waals surface area contributed by atoms with Crippen LogP contribution in [0.15, 0.2) is 12.1 Å². The summed E-state index contributed by atoms with van der Waals surface area (Å²) < 4.78 is 15.2. The van der Waals surface area contributed by atoms with Gasteiger partial charge in [-0.05, 0) is 13.0 Å². The molecule has 104 valence electrons. The number of ketones is 1. The van der Waals surface area contributed by atoms with Gasteiger partial charge in [-0.1, -0.05) is 0 Å². The lowest BCUT2D eigenvalue weighted by Crippen LogP contribution is -2.06. The van der Waals surface area contributed by atoms with E-state index in [9.17, 15) is 14.9 Å². The number of hydrogen-bond acceptors (Lipinski definition) is 6. The normalized spacial score (nSPS) is 10.1. The number of nitrogens with zero attached hydrogens (tertiary/aromatic N) is 1. The molecule has 0 N–H and O–H groups in total.